The van der Waals surface area contributed by atoms with Gasteiger partial charge in [0.25, 0.3) is 0 Å². The zero-order valence-corrected chi connectivity index (χ0v) is 12.6. The van der Waals surface area contributed by atoms with Gasteiger partial charge in [-0.25, -0.2) is 0 Å². The summed E-state index contributed by atoms with van der Waals surface area (Å²) in [6.45, 7) is 0. The van der Waals surface area contributed by atoms with E-state index < -0.39 is 11.7 Å². The molecule has 0 fully saturated rings. The van der Waals surface area contributed by atoms with Crippen LogP contribution in [0, 0.1) is 0 Å². The molecule has 0 amide bonds. The minimum Gasteiger partial charge on any atom is -0.166 e. The van der Waals surface area contributed by atoms with E-state index in [0.29, 0.717) is 0 Å². The fourth-order valence-corrected chi connectivity index (χ4v) is 3.13. The van der Waals surface area contributed by atoms with Crippen LogP contribution in [0.25, 0.3) is 32.7 Å². The third kappa shape index (κ3) is 2.42. The maximum absolute atomic E-state index is 12.8. The second kappa shape index (κ2) is 5.38. The summed E-state index contributed by atoms with van der Waals surface area (Å²) in [5, 5.41) is 4.36. The van der Waals surface area contributed by atoms with Crippen LogP contribution in [0.15, 0.2) is 78.9 Å². The molecule has 24 heavy (non-hydrogen) atoms. The summed E-state index contributed by atoms with van der Waals surface area (Å²) >= 11 is 0. The summed E-state index contributed by atoms with van der Waals surface area (Å²) in [7, 11) is 0. The predicted molar refractivity (Wildman–Crippen MR) is 91.9 cm³/mol. The average molecular weight is 322 g/mol. The minimum atomic E-state index is -4.32. The van der Waals surface area contributed by atoms with Gasteiger partial charge in [0.1, 0.15) is 0 Å². The maximum atomic E-state index is 12.8. The number of hydrogen-bond acceptors (Lipinski definition) is 0. The lowest BCUT2D eigenvalue weighted by atomic mass is 9.93. The molecule has 0 aliphatic carbocycles. The van der Waals surface area contributed by atoms with Gasteiger partial charge in [0, 0.05) is 0 Å². The second-order valence-corrected chi connectivity index (χ2v) is 5.77. The van der Waals surface area contributed by atoms with Crippen LogP contribution in [0.3, 0.4) is 0 Å². The van der Waals surface area contributed by atoms with Crippen molar-refractivity contribution in [3.8, 4) is 11.1 Å². The van der Waals surface area contributed by atoms with E-state index in [0.717, 1.165) is 44.8 Å². The zero-order valence-electron chi connectivity index (χ0n) is 12.6. The van der Waals surface area contributed by atoms with E-state index in [9.17, 15) is 13.2 Å². The number of alkyl halides is 3. The Kier molecular flexibility index (Phi) is 3.31. The van der Waals surface area contributed by atoms with Gasteiger partial charge in [0.2, 0.25) is 0 Å². The highest BCUT2D eigenvalue weighted by Crippen LogP contribution is 2.36. The molecular weight excluding hydrogens is 309 g/mol. The van der Waals surface area contributed by atoms with E-state index in [2.05, 4.69) is 6.07 Å². The summed E-state index contributed by atoms with van der Waals surface area (Å²) in [4.78, 5) is 0. The largest absolute Gasteiger partial charge is 0.416 e. The first-order valence-corrected chi connectivity index (χ1v) is 7.62. The smallest absolute Gasteiger partial charge is 0.166 e. The van der Waals surface area contributed by atoms with Crippen molar-refractivity contribution < 1.29 is 13.2 Å². The summed E-state index contributed by atoms with van der Waals surface area (Å²) in [5.74, 6) is 0. The summed E-state index contributed by atoms with van der Waals surface area (Å²) < 4.78 is 38.3. The van der Waals surface area contributed by atoms with E-state index in [1.807, 2.05) is 48.5 Å². The quantitative estimate of drug-likeness (QED) is 0.343. The minimum absolute atomic E-state index is 0.628. The van der Waals surface area contributed by atoms with Crippen LogP contribution < -0.4 is 0 Å². The Morgan fingerprint density at radius 3 is 1.83 bits per heavy atom. The van der Waals surface area contributed by atoms with Gasteiger partial charge < -0.3 is 0 Å². The van der Waals surface area contributed by atoms with Gasteiger partial charge in [-0.1, -0.05) is 60.7 Å². The van der Waals surface area contributed by atoms with Gasteiger partial charge in [-0.15, -0.1) is 0 Å². The predicted octanol–water partition coefficient (Wildman–Crippen LogP) is 6.68. The highest BCUT2D eigenvalue weighted by molar-refractivity contribution is 6.13. The molecule has 118 valence electrons. The zero-order chi connectivity index (χ0) is 16.7. The van der Waals surface area contributed by atoms with Crippen LogP contribution in [-0.2, 0) is 6.18 Å². The highest BCUT2D eigenvalue weighted by Gasteiger charge is 2.30. The van der Waals surface area contributed by atoms with E-state index >= 15 is 0 Å². The van der Waals surface area contributed by atoms with Gasteiger partial charge in [-0.2, -0.15) is 13.2 Å². The number of fused-ring (bicyclic) bond motifs is 3. The van der Waals surface area contributed by atoms with Crippen LogP contribution >= 0.6 is 0 Å². The standard InChI is InChI=1S/C21H13F3/c22-21(23,24)16-11-9-14(10-12-16)20-13-15-5-1-2-6-17(15)18-7-3-4-8-19(18)20/h1-13H. The van der Waals surface area contributed by atoms with Crippen molar-refractivity contribution in [2.45, 2.75) is 6.18 Å². The molecule has 0 saturated heterocycles. The first kappa shape index (κ1) is 14.8. The van der Waals surface area contributed by atoms with E-state index in [1.165, 1.54) is 0 Å². The fourth-order valence-electron chi connectivity index (χ4n) is 3.13. The number of rotatable bonds is 1. The van der Waals surface area contributed by atoms with Gasteiger partial charge >= 0.3 is 6.18 Å². The summed E-state index contributed by atoms with van der Waals surface area (Å²) in [5.41, 5.74) is 1.10. The Morgan fingerprint density at radius 2 is 1.17 bits per heavy atom. The lowest BCUT2D eigenvalue weighted by Gasteiger charge is -2.12. The van der Waals surface area contributed by atoms with E-state index in [1.54, 1.807) is 12.1 Å². The van der Waals surface area contributed by atoms with Crippen molar-refractivity contribution in [2.24, 2.45) is 0 Å². The van der Waals surface area contributed by atoms with E-state index in [4.69, 9.17) is 0 Å². The Morgan fingerprint density at radius 1 is 0.583 bits per heavy atom. The molecule has 4 rings (SSSR count). The van der Waals surface area contributed by atoms with Crippen LogP contribution in [-0.4, -0.2) is 0 Å². The molecule has 4 aromatic rings. The van der Waals surface area contributed by atoms with Crippen LogP contribution in [0.5, 0.6) is 0 Å². The molecule has 0 aromatic heterocycles. The van der Waals surface area contributed by atoms with Gasteiger partial charge in [-0.3, -0.25) is 0 Å². The first-order valence-electron chi connectivity index (χ1n) is 7.62. The molecule has 0 aliphatic rings. The van der Waals surface area contributed by atoms with Crippen molar-refractivity contribution in [2.75, 3.05) is 0 Å². The number of benzene rings is 4. The lowest BCUT2D eigenvalue weighted by Crippen LogP contribution is -2.04. The molecule has 0 spiro atoms. The Balaban J connectivity index is 1.98. The topological polar surface area (TPSA) is 0 Å². The number of hydrogen-bond donors (Lipinski definition) is 0. The molecule has 0 saturated carbocycles. The first-order chi connectivity index (χ1) is 11.5. The Hall–Kier alpha value is -2.81. The Labute approximate surface area is 137 Å². The molecule has 4 aromatic carbocycles. The molecule has 0 atom stereocenters. The van der Waals surface area contributed by atoms with Crippen LogP contribution in [0.4, 0.5) is 13.2 Å². The van der Waals surface area contributed by atoms with Gasteiger partial charge in [-0.05, 0) is 50.9 Å². The van der Waals surface area contributed by atoms with Crippen molar-refractivity contribution in [3.05, 3.63) is 84.4 Å². The normalized spacial score (nSPS) is 12.0. The highest BCUT2D eigenvalue weighted by atomic mass is 19.4. The SMILES string of the molecule is FC(F)(F)c1ccc(-c2cc3ccccc3c3ccccc23)cc1. The molecule has 0 unspecified atom stereocenters. The molecule has 0 radical (unpaired) electrons. The van der Waals surface area contributed by atoms with E-state index in [-0.39, 0.29) is 0 Å². The average Bonchev–Trinajstić information content (AvgIpc) is 2.60. The molecular formula is C21H13F3. The molecule has 0 aliphatic heterocycles. The molecule has 3 heteroatoms. The molecule has 0 nitrogen and oxygen atoms in total. The second-order valence-electron chi connectivity index (χ2n) is 5.77. The van der Waals surface area contributed by atoms with Crippen LogP contribution in [0.2, 0.25) is 0 Å². The lowest BCUT2D eigenvalue weighted by molar-refractivity contribution is -0.137. The van der Waals surface area contributed by atoms with Crippen molar-refractivity contribution in [1.29, 1.82) is 0 Å². The maximum Gasteiger partial charge on any atom is 0.416 e. The van der Waals surface area contributed by atoms with Gasteiger partial charge in [0.15, 0.2) is 0 Å². The monoisotopic (exact) mass is 322 g/mol. The summed E-state index contributed by atoms with van der Waals surface area (Å²) in [6.07, 6.45) is -4.32. The molecule has 0 heterocycles. The number of halogens is 3. The molecule has 0 N–H and O–H groups in total. The molecule has 0 bridgehead atoms. The third-order valence-electron chi connectivity index (χ3n) is 4.29. The van der Waals surface area contributed by atoms with Crippen molar-refractivity contribution in [3.63, 3.8) is 0 Å². The Bertz CT molecular complexity index is 1030. The van der Waals surface area contributed by atoms with Gasteiger partial charge in [0.05, 0.1) is 5.56 Å². The van der Waals surface area contributed by atoms with Crippen molar-refractivity contribution in [1.82, 2.24) is 0 Å². The third-order valence-corrected chi connectivity index (χ3v) is 4.29. The van der Waals surface area contributed by atoms with Crippen molar-refractivity contribution >= 4 is 21.5 Å². The summed E-state index contributed by atoms with van der Waals surface area (Å²) in [6, 6.07) is 23.4. The van der Waals surface area contributed by atoms with Crippen LogP contribution in [0.1, 0.15) is 5.56 Å². The fraction of sp³-hybridized carbons (Fsp3) is 0.0476.